The van der Waals surface area contributed by atoms with E-state index in [9.17, 15) is 0 Å². The zero-order valence-electron chi connectivity index (χ0n) is 45.1. The van der Waals surface area contributed by atoms with Crippen molar-refractivity contribution in [2.75, 3.05) is 9.80 Å². The van der Waals surface area contributed by atoms with E-state index < -0.39 is 0 Å². The van der Waals surface area contributed by atoms with Crippen molar-refractivity contribution in [1.82, 2.24) is 0 Å². The van der Waals surface area contributed by atoms with Crippen molar-refractivity contribution in [3.05, 3.63) is 123 Å². The van der Waals surface area contributed by atoms with Gasteiger partial charge >= 0.3 is 0 Å². The van der Waals surface area contributed by atoms with E-state index in [0.717, 1.165) is 0 Å². The molecule has 0 bridgehead atoms. The van der Waals surface area contributed by atoms with Crippen LogP contribution in [0.1, 0.15) is 212 Å². The summed E-state index contributed by atoms with van der Waals surface area (Å²) in [6.45, 7) is 44.2. The van der Waals surface area contributed by atoms with Crippen molar-refractivity contribution in [3.8, 4) is 0 Å². The average Bonchev–Trinajstić information content (AvgIpc) is 3.63. The Labute approximate surface area is 415 Å². The molecule has 0 spiro atoms. The number of benzene rings is 5. The predicted octanol–water partition coefficient (Wildman–Crippen LogP) is 16.8. The van der Waals surface area contributed by atoms with Crippen LogP contribution in [-0.2, 0) is 37.9 Å². The van der Waals surface area contributed by atoms with Gasteiger partial charge in [0.2, 0.25) is 0 Å². The Bertz CT molecular complexity index is 3120. The van der Waals surface area contributed by atoms with Gasteiger partial charge in [0.1, 0.15) is 0 Å². The minimum absolute atomic E-state index is 0.00850. The summed E-state index contributed by atoms with van der Waals surface area (Å²) >= 11 is 2.08. The van der Waals surface area contributed by atoms with E-state index in [1.165, 1.54) is 143 Å². The molecule has 0 unspecified atom stereocenters. The van der Waals surface area contributed by atoms with E-state index >= 15 is 0 Å². The molecule has 5 aliphatic rings. The molecule has 4 heteroatoms. The molecule has 2 aliphatic heterocycles. The average molecular weight is 919 g/mol. The molecule has 6 aromatic rings. The molecule has 5 aromatic carbocycles. The number of thiophene rings is 1. The second-order valence-electron chi connectivity index (χ2n) is 27.7. The van der Waals surface area contributed by atoms with Crippen LogP contribution in [0.2, 0.25) is 0 Å². The highest BCUT2D eigenvalue weighted by atomic mass is 32.1. The van der Waals surface area contributed by atoms with Gasteiger partial charge in [0.15, 0.2) is 0 Å². The van der Waals surface area contributed by atoms with Gasteiger partial charge in [-0.05, 0) is 199 Å². The van der Waals surface area contributed by atoms with Crippen molar-refractivity contribution in [1.29, 1.82) is 0 Å². The van der Waals surface area contributed by atoms with Gasteiger partial charge in [-0.1, -0.05) is 142 Å². The highest BCUT2D eigenvalue weighted by Gasteiger charge is 2.49. The molecule has 68 heavy (non-hydrogen) atoms. The molecule has 11 rings (SSSR count). The fourth-order valence-corrected chi connectivity index (χ4v) is 14.9. The minimum Gasteiger partial charge on any atom is -0.311 e. The van der Waals surface area contributed by atoms with Gasteiger partial charge in [-0.15, -0.1) is 11.3 Å². The van der Waals surface area contributed by atoms with Crippen molar-refractivity contribution >= 4 is 78.0 Å². The van der Waals surface area contributed by atoms with E-state index in [2.05, 4.69) is 219 Å². The van der Waals surface area contributed by atoms with Crippen molar-refractivity contribution in [3.63, 3.8) is 0 Å². The molecule has 0 atom stereocenters. The number of aryl methyl sites for hydroxylation is 1. The quantitative estimate of drug-likeness (QED) is 0.163. The van der Waals surface area contributed by atoms with E-state index in [4.69, 9.17) is 0 Å². The van der Waals surface area contributed by atoms with Gasteiger partial charge in [0.05, 0.1) is 5.69 Å². The van der Waals surface area contributed by atoms with Crippen LogP contribution in [0.15, 0.2) is 72.8 Å². The lowest BCUT2D eigenvalue weighted by atomic mass is 9.36. The van der Waals surface area contributed by atoms with Crippen LogP contribution in [0.5, 0.6) is 0 Å². The highest BCUT2D eigenvalue weighted by Crippen LogP contribution is 2.56. The number of anilines is 6. The molecule has 2 nitrogen and oxygen atoms in total. The number of nitrogens with zero attached hydrogens (tertiary/aromatic N) is 2. The van der Waals surface area contributed by atoms with Crippen molar-refractivity contribution < 1.29 is 0 Å². The summed E-state index contributed by atoms with van der Waals surface area (Å²) < 4.78 is 2.91. The van der Waals surface area contributed by atoms with Gasteiger partial charge in [-0.2, -0.15) is 0 Å². The number of fused-ring (bicyclic) bond motifs is 9. The maximum Gasteiger partial charge on any atom is 0.264 e. The van der Waals surface area contributed by atoms with Crippen LogP contribution >= 0.6 is 11.3 Å². The molecular weight excluding hydrogens is 840 g/mol. The second kappa shape index (κ2) is 14.4. The van der Waals surface area contributed by atoms with Crippen LogP contribution in [0.4, 0.5) is 34.1 Å². The fourth-order valence-electron chi connectivity index (χ4n) is 13.6. The van der Waals surface area contributed by atoms with Gasteiger partial charge in [0, 0.05) is 43.3 Å². The molecular formula is C64H79BN2S. The summed E-state index contributed by atoms with van der Waals surface area (Å²) in [4.78, 5) is 5.51. The zero-order valence-corrected chi connectivity index (χ0v) is 45.9. The van der Waals surface area contributed by atoms with Gasteiger partial charge in [0.25, 0.3) is 6.71 Å². The van der Waals surface area contributed by atoms with Gasteiger partial charge < -0.3 is 9.80 Å². The Hall–Kier alpha value is -4.28. The van der Waals surface area contributed by atoms with Gasteiger partial charge in [-0.25, -0.2) is 0 Å². The largest absolute Gasteiger partial charge is 0.311 e. The molecule has 0 N–H and O–H groups in total. The van der Waals surface area contributed by atoms with Crippen LogP contribution in [0.25, 0.3) is 10.1 Å². The maximum absolute atomic E-state index is 2.78. The molecule has 0 saturated heterocycles. The third-order valence-corrected chi connectivity index (χ3v) is 19.9. The summed E-state index contributed by atoms with van der Waals surface area (Å²) in [6.07, 6.45) is 7.21. The van der Waals surface area contributed by atoms with Crippen LogP contribution in [0, 0.1) is 6.92 Å². The van der Waals surface area contributed by atoms with Crippen LogP contribution < -0.4 is 25.5 Å². The van der Waals surface area contributed by atoms with Crippen molar-refractivity contribution in [2.24, 2.45) is 0 Å². The highest BCUT2D eigenvalue weighted by molar-refractivity contribution is 7.33. The summed E-state index contributed by atoms with van der Waals surface area (Å²) in [7, 11) is 0. The fraction of sp³-hybridized carbons (Fsp3) is 0.500. The monoisotopic (exact) mass is 919 g/mol. The third kappa shape index (κ3) is 6.67. The smallest absolute Gasteiger partial charge is 0.264 e. The summed E-state index contributed by atoms with van der Waals surface area (Å²) in [5.74, 6) is 0.339. The third-order valence-electron chi connectivity index (χ3n) is 18.7. The Kier molecular flexibility index (Phi) is 9.78. The minimum atomic E-state index is -0.00850. The topological polar surface area (TPSA) is 6.48 Å². The lowest BCUT2D eigenvalue weighted by Crippen LogP contribution is -2.60. The molecule has 0 fully saturated rings. The van der Waals surface area contributed by atoms with Crippen LogP contribution in [0.3, 0.4) is 0 Å². The second-order valence-corrected chi connectivity index (χ2v) is 28.8. The first-order chi connectivity index (χ1) is 31.5. The van der Waals surface area contributed by atoms with Gasteiger partial charge in [-0.3, -0.25) is 0 Å². The standard InChI is InChI=1S/C64H79BN2S/c1-37(2)39-30-52-55-53(31-39)67(51-35-47-44(29-38(51)3)60(9,10)25-27-63(47,15)16)50-22-19-40(58(4,5)6)32-49(50)65(55)57-56(42-34-46-48(36-54(42)68-57)64(17,18)28-26-62(46,13)14)66(52)41-20-21-43-45(33-41)61(11,12)24-23-59(43,7)8/h19-22,29-37H,23-28H2,1-18H3. The first-order valence-corrected chi connectivity index (χ1v) is 27.2. The lowest BCUT2D eigenvalue weighted by Gasteiger charge is -2.46. The van der Waals surface area contributed by atoms with E-state index in [0.29, 0.717) is 5.92 Å². The maximum atomic E-state index is 2.78. The number of rotatable bonds is 3. The summed E-state index contributed by atoms with van der Waals surface area (Å²) in [5, 5.41) is 1.42. The van der Waals surface area contributed by atoms with Crippen molar-refractivity contribution in [2.45, 2.75) is 207 Å². The van der Waals surface area contributed by atoms with Crippen LogP contribution in [-0.4, -0.2) is 6.71 Å². The molecule has 3 aliphatic carbocycles. The molecule has 0 radical (unpaired) electrons. The SMILES string of the molecule is Cc1cc2c(cc1N1c3ccc(C(C)(C)C)cc3B3c4sc5cc6c(cc5c4N(c4ccc5c(c4)C(C)(C)CCC5(C)C)c4cc(C(C)C)cc1c43)C(C)(C)CCC6(C)C)C(C)(C)CCC2(C)C. The Morgan fingerprint density at radius 2 is 1.01 bits per heavy atom. The lowest BCUT2D eigenvalue weighted by molar-refractivity contribution is 0.332. The number of hydrogen-bond acceptors (Lipinski definition) is 3. The summed E-state index contributed by atoms with van der Waals surface area (Å²) in [5.41, 5.74) is 24.9. The Balaban J connectivity index is 1.29. The predicted molar refractivity (Wildman–Crippen MR) is 299 cm³/mol. The Morgan fingerprint density at radius 1 is 0.515 bits per heavy atom. The zero-order chi connectivity index (χ0) is 48.8. The normalized spacial score (nSPS) is 20.9. The number of hydrogen-bond donors (Lipinski definition) is 0. The molecule has 0 saturated carbocycles. The molecule has 354 valence electrons. The first kappa shape index (κ1) is 46.1. The molecule has 0 amide bonds. The molecule has 3 heterocycles. The van der Waals surface area contributed by atoms with E-state index in [1.807, 2.05) is 0 Å². The summed E-state index contributed by atoms with van der Waals surface area (Å²) in [6, 6.07) is 31.0. The van der Waals surface area contributed by atoms with E-state index in [-0.39, 0.29) is 44.6 Å². The molecule has 1 aromatic heterocycles. The van der Waals surface area contributed by atoms with E-state index in [1.54, 1.807) is 5.56 Å². The first-order valence-electron chi connectivity index (χ1n) is 26.4. The Morgan fingerprint density at radius 3 is 1.57 bits per heavy atom.